The molecule has 1 N–H and O–H groups in total. The van der Waals surface area contributed by atoms with Gasteiger partial charge in [-0.3, -0.25) is 9.59 Å². The highest BCUT2D eigenvalue weighted by molar-refractivity contribution is 6.35. The Bertz CT molecular complexity index is 1150. The molecule has 0 radical (unpaired) electrons. The van der Waals surface area contributed by atoms with Crippen LogP contribution in [0.5, 0.6) is 5.75 Å². The number of amides is 2. The van der Waals surface area contributed by atoms with E-state index in [0.717, 1.165) is 24.8 Å². The number of halogens is 2. The zero-order valence-electron chi connectivity index (χ0n) is 21.4. The number of carbonyl (C=O) groups is 2. The Hall–Kier alpha value is -3.02. The molecular weight excluding hydrogens is 507 g/mol. The van der Waals surface area contributed by atoms with Crippen LogP contribution >= 0.6 is 23.2 Å². The molecule has 0 spiro atoms. The molecule has 196 valence electrons. The van der Waals surface area contributed by atoms with Gasteiger partial charge >= 0.3 is 0 Å². The summed E-state index contributed by atoms with van der Waals surface area (Å²) in [6.45, 7) is 4.63. The van der Waals surface area contributed by atoms with Crippen molar-refractivity contribution in [2.75, 3.05) is 13.2 Å². The van der Waals surface area contributed by atoms with Crippen molar-refractivity contribution in [3.63, 3.8) is 0 Å². The first-order chi connectivity index (χ1) is 17.9. The van der Waals surface area contributed by atoms with Crippen molar-refractivity contribution in [3.8, 4) is 5.75 Å². The van der Waals surface area contributed by atoms with Gasteiger partial charge in [0.25, 0.3) is 5.91 Å². The molecule has 5 nitrogen and oxygen atoms in total. The van der Waals surface area contributed by atoms with Crippen LogP contribution in [0.4, 0.5) is 0 Å². The summed E-state index contributed by atoms with van der Waals surface area (Å²) in [6, 6.07) is 21.7. The first kappa shape index (κ1) is 28.5. The van der Waals surface area contributed by atoms with Gasteiger partial charge in [0.05, 0.1) is 0 Å². The van der Waals surface area contributed by atoms with E-state index in [1.54, 1.807) is 23.1 Å². The van der Waals surface area contributed by atoms with Crippen LogP contribution in [0.15, 0.2) is 72.8 Å². The summed E-state index contributed by atoms with van der Waals surface area (Å²) >= 11 is 12.6. The number of hydrogen-bond acceptors (Lipinski definition) is 3. The van der Waals surface area contributed by atoms with E-state index in [1.165, 1.54) is 5.56 Å². The smallest absolute Gasteiger partial charge is 0.261 e. The Labute approximate surface area is 229 Å². The fourth-order valence-corrected chi connectivity index (χ4v) is 4.41. The summed E-state index contributed by atoms with van der Waals surface area (Å²) in [7, 11) is 0. The highest BCUT2D eigenvalue weighted by Crippen LogP contribution is 2.24. The van der Waals surface area contributed by atoms with Gasteiger partial charge in [0.1, 0.15) is 11.8 Å². The molecule has 0 unspecified atom stereocenters. The van der Waals surface area contributed by atoms with Crippen molar-refractivity contribution in [3.05, 3.63) is 99.5 Å². The predicted molar refractivity (Wildman–Crippen MR) is 150 cm³/mol. The lowest BCUT2D eigenvalue weighted by atomic mass is 10.0. The molecule has 0 saturated heterocycles. The lowest BCUT2D eigenvalue weighted by molar-refractivity contribution is -0.142. The molecular formula is C30H34Cl2N2O3. The predicted octanol–water partition coefficient (Wildman–Crippen LogP) is 6.49. The fourth-order valence-electron chi connectivity index (χ4n) is 3.94. The maximum atomic E-state index is 13.6. The molecule has 2 amide bonds. The third-order valence-corrected chi connectivity index (χ3v) is 6.74. The van der Waals surface area contributed by atoms with Gasteiger partial charge < -0.3 is 15.0 Å². The monoisotopic (exact) mass is 540 g/mol. The molecule has 3 rings (SSSR count). The lowest BCUT2D eigenvalue weighted by Gasteiger charge is -2.31. The van der Waals surface area contributed by atoms with Crippen molar-refractivity contribution in [1.29, 1.82) is 0 Å². The Morgan fingerprint density at radius 2 is 1.68 bits per heavy atom. The van der Waals surface area contributed by atoms with E-state index in [4.69, 9.17) is 27.9 Å². The molecule has 0 bridgehead atoms. The quantitative estimate of drug-likeness (QED) is 0.252. The minimum Gasteiger partial charge on any atom is -0.484 e. The zero-order valence-corrected chi connectivity index (χ0v) is 22.9. The standard InChI is InChI=1S/C30H34Cl2N2O3/c1-3-5-17-33-30(36)28(18-23-9-7-6-8-10-23)34(20-24-13-14-25(31)19-27(24)32)29(35)21-37-26-15-11-22(4-2)12-16-26/h6-16,19,28H,3-5,17-18,20-21H2,1-2H3,(H,33,36)/t28-/m1/s1. The fraction of sp³-hybridized carbons (Fsp3) is 0.333. The second-order valence-corrected chi connectivity index (χ2v) is 9.74. The average molecular weight is 542 g/mol. The zero-order chi connectivity index (χ0) is 26.6. The number of aryl methyl sites for hydroxylation is 1. The molecule has 0 heterocycles. The molecule has 0 aliphatic carbocycles. The number of unbranched alkanes of at least 4 members (excludes halogenated alkanes) is 1. The molecule has 7 heteroatoms. The van der Waals surface area contributed by atoms with Crippen molar-refractivity contribution in [1.82, 2.24) is 10.2 Å². The number of nitrogens with one attached hydrogen (secondary N) is 1. The Morgan fingerprint density at radius 1 is 0.946 bits per heavy atom. The average Bonchev–Trinajstić information content (AvgIpc) is 2.91. The minimum atomic E-state index is -0.746. The van der Waals surface area contributed by atoms with Crippen LogP contribution in [0.3, 0.4) is 0 Å². The number of nitrogens with zero attached hydrogens (tertiary/aromatic N) is 1. The van der Waals surface area contributed by atoms with E-state index in [9.17, 15) is 9.59 Å². The third kappa shape index (κ3) is 8.80. The van der Waals surface area contributed by atoms with Crippen LogP contribution in [0.1, 0.15) is 43.4 Å². The van der Waals surface area contributed by atoms with Crippen LogP contribution in [0, 0.1) is 0 Å². The lowest BCUT2D eigenvalue weighted by Crippen LogP contribution is -2.51. The second kappa shape index (κ2) is 14.7. The van der Waals surface area contributed by atoms with E-state index < -0.39 is 6.04 Å². The minimum absolute atomic E-state index is 0.145. The normalized spacial score (nSPS) is 11.6. The first-order valence-corrected chi connectivity index (χ1v) is 13.4. The first-order valence-electron chi connectivity index (χ1n) is 12.7. The highest BCUT2D eigenvalue weighted by atomic mass is 35.5. The molecule has 0 saturated carbocycles. The SMILES string of the molecule is CCCCNC(=O)[C@@H](Cc1ccccc1)N(Cc1ccc(Cl)cc1Cl)C(=O)COc1ccc(CC)cc1. The molecule has 0 aliphatic heterocycles. The van der Waals surface area contributed by atoms with Crippen molar-refractivity contribution in [2.45, 2.75) is 52.1 Å². The van der Waals surface area contributed by atoms with E-state index >= 15 is 0 Å². The number of carbonyl (C=O) groups excluding carboxylic acids is 2. The van der Waals surface area contributed by atoms with Gasteiger partial charge in [-0.2, -0.15) is 0 Å². The van der Waals surface area contributed by atoms with Gasteiger partial charge in [-0.05, 0) is 53.8 Å². The Kier molecular flexibility index (Phi) is 11.3. The molecule has 37 heavy (non-hydrogen) atoms. The summed E-state index contributed by atoms with van der Waals surface area (Å²) < 4.78 is 5.84. The summed E-state index contributed by atoms with van der Waals surface area (Å²) in [5, 5.41) is 3.95. The maximum Gasteiger partial charge on any atom is 0.261 e. The topological polar surface area (TPSA) is 58.6 Å². The second-order valence-electron chi connectivity index (χ2n) is 8.89. The molecule has 0 aromatic heterocycles. The van der Waals surface area contributed by atoms with Crippen molar-refractivity contribution < 1.29 is 14.3 Å². The van der Waals surface area contributed by atoms with Crippen LogP contribution in [-0.2, 0) is 29.0 Å². The Morgan fingerprint density at radius 3 is 2.32 bits per heavy atom. The van der Waals surface area contributed by atoms with Crippen molar-refractivity contribution >= 4 is 35.0 Å². The van der Waals surface area contributed by atoms with Gasteiger partial charge in [0, 0.05) is 29.6 Å². The maximum absolute atomic E-state index is 13.6. The van der Waals surface area contributed by atoms with Crippen LogP contribution < -0.4 is 10.1 Å². The van der Waals surface area contributed by atoms with Crippen molar-refractivity contribution in [2.24, 2.45) is 0 Å². The van der Waals surface area contributed by atoms with Crippen LogP contribution in [0.2, 0.25) is 10.0 Å². The number of benzene rings is 3. The van der Waals surface area contributed by atoms with E-state index in [0.29, 0.717) is 34.3 Å². The number of rotatable bonds is 13. The van der Waals surface area contributed by atoms with Crippen LogP contribution in [0.25, 0.3) is 0 Å². The summed E-state index contributed by atoms with van der Waals surface area (Å²) in [6.07, 6.45) is 3.10. The van der Waals surface area contributed by atoms with Gasteiger partial charge in [-0.25, -0.2) is 0 Å². The molecule has 3 aromatic carbocycles. The molecule has 0 aliphatic rings. The third-order valence-electron chi connectivity index (χ3n) is 6.15. The van der Waals surface area contributed by atoms with Crippen LogP contribution in [-0.4, -0.2) is 35.9 Å². The number of hydrogen-bond donors (Lipinski definition) is 1. The highest BCUT2D eigenvalue weighted by Gasteiger charge is 2.31. The number of ether oxygens (including phenoxy) is 1. The van der Waals surface area contributed by atoms with Gasteiger partial charge in [-0.1, -0.05) is 92.0 Å². The molecule has 0 fully saturated rings. The van der Waals surface area contributed by atoms with E-state index in [1.807, 2.05) is 54.6 Å². The van der Waals surface area contributed by atoms with E-state index in [-0.39, 0.29) is 25.0 Å². The summed E-state index contributed by atoms with van der Waals surface area (Å²) in [4.78, 5) is 28.6. The van der Waals surface area contributed by atoms with Gasteiger partial charge in [0.15, 0.2) is 6.61 Å². The largest absolute Gasteiger partial charge is 0.484 e. The Balaban J connectivity index is 1.89. The molecule has 3 aromatic rings. The summed E-state index contributed by atoms with van der Waals surface area (Å²) in [5.41, 5.74) is 2.84. The van der Waals surface area contributed by atoms with Gasteiger partial charge in [0.2, 0.25) is 5.91 Å². The molecule has 1 atom stereocenters. The van der Waals surface area contributed by atoms with E-state index in [2.05, 4.69) is 19.2 Å². The summed E-state index contributed by atoms with van der Waals surface area (Å²) in [5.74, 6) is 0.0854. The van der Waals surface area contributed by atoms with Gasteiger partial charge in [-0.15, -0.1) is 0 Å².